The molecule has 0 spiro atoms. The van der Waals surface area contributed by atoms with Gasteiger partial charge in [0.2, 0.25) is 0 Å². The third-order valence-corrected chi connectivity index (χ3v) is 5.67. The van der Waals surface area contributed by atoms with E-state index in [1.54, 1.807) is 13.0 Å². The Morgan fingerprint density at radius 1 is 1.24 bits per heavy atom. The number of esters is 1. The number of phenolic OH excluding ortho intramolecular Hbond substituents is 1. The molecule has 7 heteroatoms. The van der Waals surface area contributed by atoms with Gasteiger partial charge in [-0.2, -0.15) is 0 Å². The summed E-state index contributed by atoms with van der Waals surface area (Å²) in [6, 6.07) is 8.44. The SMILES string of the molecule is Cc1c(CC(=O)OC2CCC2)c2cc(O)ccc2n1C(=O)c1ccc(Cl)c(F)c1. The van der Waals surface area contributed by atoms with E-state index in [1.807, 2.05) is 0 Å². The topological polar surface area (TPSA) is 68.5 Å². The summed E-state index contributed by atoms with van der Waals surface area (Å²) in [5, 5.41) is 10.4. The first-order chi connectivity index (χ1) is 13.8. The lowest BCUT2D eigenvalue weighted by Gasteiger charge is -2.25. The minimum Gasteiger partial charge on any atom is -0.508 e. The van der Waals surface area contributed by atoms with Gasteiger partial charge in [-0.1, -0.05) is 11.6 Å². The quantitative estimate of drug-likeness (QED) is 0.623. The highest BCUT2D eigenvalue weighted by Gasteiger charge is 2.25. The van der Waals surface area contributed by atoms with Crippen LogP contribution in [0.2, 0.25) is 5.02 Å². The summed E-state index contributed by atoms with van der Waals surface area (Å²) in [6.07, 6.45) is 2.73. The van der Waals surface area contributed by atoms with E-state index >= 15 is 0 Å². The lowest BCUT2D eigenvalue weighted by Crippen LogP contribution is -2.26. The molecular weight excluding hydrogens is 397 g/mol. The number of benzene rings is 2. The van der Waals surface area contributed by atoms with Gasteiger partial charge in [0.15, 0.2) is 0 Å². The molecule has 0 aliphatic heterocycles. The fourth-order valence-corrected chi connectivity index (χ4v) is 3.69. The van der Waals surface area contributed by atoms with Crippen molar-refractivity contribution in [3.05, 3.63) is 64.1 Å². The van der Waals surface area contributed by atoms with Crippen molar-refractivity contribution in [2.75, 3.05) is 0 Å². The van der Waals surface area contributed by atoms with Gasteiger partial charge in [0.25, 0.3) is 5.91 Å². The molecule has 1 fully saturated rings. The highest BCUT2D eigenvalue weighted by Crippen LogP contribution is 2.31. The van der Waals surface area contributed by atoms with Gasteiger partial charge in [0.1, 0.15) is 17.7 Å². The van der Waals surface area contributed by atoms with Crippen molar-refractivity contribution in [1.29, 1.82) is 0 Å². The highest BCUT2D eigenvalue weighted by atomic mass is 35.5. The van der Waals surface area contributed by atoms with E-state index in [4.69, 9.17) is 16.3 Å². The second-order valence-electron chi connectivity index (χ2n) is 7.25. The van der Waals surface area contributed by atoms with Gasteiger partial charge in [-0.3, -0.25) is 14.2 Å². The molecule has 0 amide bonds. The molecule has 1 aliphatic rings. The van der Waals surface area contributed by atoms with Crippen molar-refractivity contribution in [2.45, 2.75) is 38.7 Å². The number of hydrogen-bond acceptors (Lipinski definition) is 4. The summed E-state index contributed by atoms with van der Waals surface area (Å²) in [4.78, 5) is 25.5. The molecule has 150 valence electrons. The molecule has 4 rings (SSSR count). The Kier molecular flexibility index (Phi) is 5.04. The predicted molar refractivity (Wildman–Crippen MR) is 107 cm³/mol. The van der Waals surface area contributed by atoms with Crippen LogP contribution >= 0.6 is 11.6 Å². The van der Waals surface area contributed by atoms with Crippen LogP contribution in [0, 0.1) is 12.7 Å². The number of halogens is 2. The summed E-state index contributed by atoms with van der Waals surface area (Å²) >= 11 is 5.72. The van der Waals surface area contributed by atoms with Crippen molar-refractivity contribution in [3.8, 4) is 5.75 Å². The van der Waals surface area contributed by atoms with Gasteiger partial charge >= 0.3 is 5.97 Å². The summed E-state index contributed by atoms with van der Waals surface area (Å²) < 4.78 is 20.7. The highest BCUT2D eigenvalue weighted by molar-refractivity contribution is 6.30. The molecular formula is C22H19ClFNO4. The van der Waals surface area contributed by atoms with Crippen LogP contribution in [0.4, 0.5) is 4.39 Å². The number of rotatable bonds is 4. The normalized spacial score (nSPS) is 14.0. The number of carbonyl (C=O) groups excluding carboxylic acids is 2. The maximum atomic E-state index is 13.9. The van der Waals surface area contributed by atoms with Crippen molar-refractivity contribution >= 4 is 34.4 Å². The minimum absolute atomic E-state index is 0.0163. The fourth-order valence-electron chi connectivity index (χ4n) is 3.57. The molecule has 0 bridgehead atoms. The van der Waals surface area contributed by atoms with Gasteiger partial charge in [-0.15, -0.1) is 0 Å². The third kappa shape index (κ3) is 3.60. The van der Waals surface area contributed by atoms with E-state index in [2.05, 4.69) is 0 Å². The van der Waals surface area contributed by atoms with E-state index in [0.717, 1.165) is 25.3 Å². The van der Waals surface area contributed by atoms with Crippen LogP contribution in [0.1, 0.15) is 40.9 Å². The average molecular weight is 416 g/mol. The van der Waals surface area contributed by atoms with Crippen LogP contribution in [0.5, 0.6) is 5.75 Å². The molecule has 1 aliphatic carbocycles. The Bertz CT molecular complexity index is 1130. The fraction of sp³-hybridized carbons (Fsp3) is 0.273. The molecule has 0 atom stereocenters. The first kappa shape index (κ1) is 19.5. The lowest BCUT2D eigenvalue weighted by atomic mass is 9.96. The predicted octanol–water partition coefficient (Wildman–Crippen LogP) is 4.77. The molecule has 0 radical (unpaired) electrons. The number of aromatic hydroxyl groups is 1. The summed E-state index contributed by atoms with van der Waals surface area (Å²) in [7, 11) is 0. The molecule has 1 heterocycles. The Morgan fingerprint density at radius 3 is 2.66 bits per heavy atom. The Labute approximate surface area is 171 Å². The molecule has 3 aromatic rings. The number of ether oxygens (including phenoxy) is 1. The van der Waals surface area contributed by atoms with Crippen molar-refractivity contribution in [1.82, 2.24) is 4.57 Å². The zero-order valence-electron chi connectivity index (χ0n) is 15.7. The van der Waals surface area contributed by atoms with Crippen LogP contribution in [-0.2, 0) is 16.0 Å². The van der Waals surface area contributed by atoms with E-state index in [0.29, 0.717) is 22.2 Å². The third-order valence-electron chi connectivity index (χ3n) is 5.36. The smallest absolute Gasteiger partial charge is 0.310 e. The molecule has 0 unspecified atom stereocenters. The number of fused-ring (bicyclic) bond motifs is 1. The molecule has 1 saturated carbocycles. The first-order valence-corrected chi connectivity index (χ1v) is 9.75. The van der Waals surface area contributed by atoms with Crippen LogP contribution in [0.15, 0.2) is 36.4 Å². The second kappa shape index (κ2) is 7.52. The largest absolute Gasteiger partial charge is 0.508 e. The Balaban J connectivity index is 1.77. The number of hydrogen-bond donors (Lipinski definition) is 1. The van der Waals surface area contributed by atoms with Crippen molar-refractivity contribution in [3.63, 3.8) is 0 Å². The van der Waals surface area contributed by atoms with Crippen LogP contribution < -0.4 is 0 Å². The zero-order valence-corrected chi connectivity index (χ0v) is 16.5. The van der Waals surface area contributed by atoms with E-state index < -0.39 is 11.7 Å². The molecule has 0 saturated heterocycles. The van der Waals surface area contributed by atoms with Gasteiger partial charge in [0, 0.05) is 16.6 Å². The number of phenols is 1. The van der Waals surface area contributed by atoms with Crippen LogP contribution in [-0.4, -0.2) is 27.7 Å². The van der Waals surface area contributed by atoms with Crippen LogP contribution in [0.25, 0.3) is 10.9 Å². The average Bonchev–Trinajstić information content (AvgIpc) is 2.91. The molecule has 1 aromatic heterocycles. The number of nitrogens with zero attached hydrogens (tertiary/aromatic N) is 1. The Hall–Kier alpha value is -2.86. The molecule has 29 heavy (non-hydrogen) atoms. The zero-order chi connectivity index (χ0) is 20.7. The van der Waals surface area contributed by atoms with E-state index in [1.165, 1.54) is 28.8 Å². The van der Waals surface area contributed by atoms with Crippen molar-refractivity contribution in [2.24, 2.45) is 0 Å². The first-order valence-electron chi connectivity index (χ1n) is 9.37. The second-order valence-corrected chi connectivity index (χ2v) is 7.66. The molecule has 1 N–H and O–H groups in total. The molecule has 5 nitrogen and oxygen atoms in total. The number of carbonyl (C=O) groups is 2. The van der Waals surface area contributed by atoms with Gasteiger partial charge in [-0.25, -0.2) is 4.39 Å². The Morgan fingerprint density at radius 2 is 2.00 bits per heavy atom. The molecule has 2 aromatic carbocycles. The number of aromatic nitrogens is 1. The van der Waals surface area contributed by atoms with E-state index in [9.17, 15) is 19.1 Å². The lowest BCUT2D eigenvalue weighted by molar-refractivity contribution is -0.152. The maximum absolute atomic E-state index is 13.9. The monoisotopic (exact) mass is 415 g/mol. The van der Waals surface area contributed by atoms with Gasteiger partial charge in [0.05, 0.1) is 17.0 Å². The van der Waals surface area contributed by atoms with Gasteiger partial charge < -0.3 is 9.84 Å². The van der Waals surface area contributed by atoms with Crippen LogP contribution in [0.3, 0.4) is 0 Å². The standard InChI is InChI=1S/C22H19ClFNO4/c1-12-16(11-21(27)29-15-3-2-4-15)17-10-14(26)6-8-20(17)25(12)22(28)13-5-7-18(23)19(24)9-13/h5-10,15,26H,2-4,11H2,1H3. The summed E-state index contributed by atoms with van der Waals surface area (Å²) in [5.41, 5.74) is 1.79. The minimum atomic E-state index is -0.687. The summed E-state index contributed by atoms with van der Waals surface area (Å²) in [5.74, 6) is -1.49. The van der Waals surface area contributed by atoms with Gasteiger partial charge in [-0.05, 0) is 68.1 Å². The summed E-state index contributed by atoms with van der Waals surface area (Å²) in [6.45, 7) is 1.72. The maximum Gasteiger partial charge on any atom is 0.310 e. The van der Waals surface area contributed by atoms with E-state index in [-0.39, 0.29) is 34.8 Å². The van der Waals surface area contributed by atoms with Crippen molar-refractivity contribution < 1.29 is 23.8 Å².